The van der Waals surface area contributed by atoms with E-state index >= 15 is 0 Å². The van der Waals surface area contributed by atoms with Gasteiger partial charge in [0.2, 0.25) is 0 Å². The summed E-state index contributed by atoms with van der Waals surface area (Å²) >= 11 is 0. The molecule has 28 heavy (non-hydrogen) atoms. The fourth-order valence-electron chi connectivity index (χ4n) is 3.49. The van der Waals surface area contributed by atoms with Crippen molar-refractivity contribution in [2.24, 2.45) is 0 Å². The van der Waals surface area contributed by atoms with Gasteiger partial charge in [-0.1, -0.05) is 12.1 Å². The first-order chi connectivity index (χ1) is 13.6. The molecule has 0 bridgehead atoms. The van der Waals surface area contributed by atoms with E-state index in [2.05, 4.69) is 9.97 Å². The highest BCUT2D eigenvalue weighted by Gasteiger charge is 2.26. The first kappa shape index (κ1) is 18.1. The molecule has 1 amide bonds. The molecule has 2 aromatic heterocycles. The van der Waals surface area contributed by atoms with Gasteiger partial charge in [0.15, 0.2) is 11.5 Å². The Balaban J connectivity index is 1.57. The lowest BCUT2D eigenvalue weighted by Crippen LogP contribution is -2.50. The minimum absolute atomic E-state index is 0.0687. The molecule has 1 aliphatic heterocycles. The summed E-state index contributed by atoms with van der Waals surface area (Å²) in [5, 5.41) is 0. The standard InChI is InChI=1S/C20H20FN5O2/c1-2-26-17-16(8-5-9-22-17)23-18(20(26)28)24-10-12-25(13-11-24)19(27)14-6-3-4-7-15(14)21/h3-9H,2,10-13H2,1H3. The minimum Gasteiger partial charge on any atom is -0.348 e. The van der Waals surface area contributed by atoms with Crippen LogP contribution in [-0.2, 0) is 6.54 Å². The quantitative estimate of drug-likeness (QED) is 0.693. The van der Waals surface area contributed by atoms with Crippen LogP contribution in [0.2, 0.25) is 0 Å². The highest BCUT2D eigenvalue weighted by molar-refractivity contribution is 5.94. The number of carbonyl (C=O) groups is 1. The van der Waals surface area contributed by atoms with Gasteiger partial charge in [0, 0.05) is 38.9 Å². The van der Waals surface area contributed by atoms with Crippen molar-refractivity contribution in [2.75, 3.05) is 31.1 Å². The van der Waals surface area contributed by atoms with Gasteiger partial charge in [0.05, 0.1) is 5.56 Å². The number of piperazine rings is 1. The number of carbonyl (C=O) groups excluding carboxylic acids is 1. The maximum atomic E-state index is 13.9. The molecule has 1 aromatic carbocycles. The number of pyridine rings is 1. The Labute approximate surface area is 161 Å². The Morgan fingerprint density at radius 1 is 1.11 bits per heavy atom. The van der Waals surface area contributed by atoms with Gasteiger partial charge in [0.25, 0.3) is 11.5 Å². The zero-order valence-electron chi connectivity index (χ0n) is 15.5. The highest BCUT2D eigenvalue weighted by atomic mass is 19.1. The molecule has 3 heterocycles. The molecule has 0 radical (unpaired) electrons. The Morgan fingerprint density at radius 3 is 2.57 bits per heavy atom. The van der Waals surface area contributed by atoms with Crippen LogP contribution in [0.25, 0.3) is 11.2 Å². The van der Waals surface area contributed by atoms with E-state index in [1.807, 2.05) is 17.9 Å². The highest BCUT2D eigenvalue weighted by Crippen LogP contribution is 2.16. The number of anilines is 1. The van der Waals surface area contributed by atoms with Crippen molar-refractivity contribution in [1.29, 1.82) is 0 Å². The summed E-state index contributed by atoms with van der Waals surface area (Å²) in [6.45, 7) is 4.09. The molecule has 1 fully saturated rings. The van der Waals surface area contributed by atoms with Crippen LogP contribution < -0.4 is 10.5 Å². The monoisotopic (exact) mass is 381 g/mol. The molecule has 4 rings (SSSR count). The lowest BCUT2D eigenvalue weighted by atomic mass is 10.1. The lowest BCUT2D eigenvalue weighted by molar-refractivity contribution is 0.0741. The minimum atomic E-state index is -0.524. The number of aromatic nitrogens is 3. The SMILES string of the molecule is CCn1c(=O)c(N2CCN(C(=O)c3ccccc3F)CC2)nc2cccnc21. The molecule has 0 N–H and O–H groups in total. The van der Waals surface area contributed by atoms with Crippen LogP contribution in [0.5, 0.6) is 0 Å². The van der Waals surface area contributed by atoms with Crippen LogP contribution in [0.3, 0.4) is 0 Å². The summed E-state index contributed by atoms with van der Waals surface area (Å²) in [5.41, 5.74) is 1.10. The van der Waals surface area contributed by atoms with Gasteiger partial charge in [-0.2, -0.15) is 0 Å². The number of benzene rings is 1. The molecule has 0 aliphatic carbocycles. The van der Waals surface area contributed by atoms with E-state index in [1.54, 1.807) is 33.9 Å². The van der Waals surface area contributed by atoms with Crippen molar-refractivity contribution in [3.63, 3.8) is 0 Å². The molecule has 0 spiro atoms. The number of fused-ring (bicyclic) bond motifs is 1. The van der Waals surface area contributed by atoms with E-state index in [4.69, 9.17) is 0 Å². The maximum absolute atomic E-state index is 13.9. The van der Waals surface area contributed by atoms with Crippen molar-refractivity contribution >= 4 is 22.9 Å². The van der Waals surface area contributed by atoms with Crippen LogP contribution in [0.1, 0.15) is 17.3 Å². The Kier molecular flexibility index (Phi) is 4.77. The third-order valence-electron chi connectivity index (χ3n) is 4.97. The Bertz CT molecular complexity index is 1090. The van der Waals surface area contributed by atoms with Crippen molar-refractivity contribution in [3.05, 3.63) is 64.3 Å². The van der Waals surface area contributed by atoms with Gasteiger partial charge in [-0.3, -0.25) is 14.2 Å². The average Bonchev–Trinajstić information content (AvgIpc) is 2.73. The molecule has 3 aromatic rings. The zero-order valence-corrected chi connectivity index (χ0v) is 15.5. The van der Waals surface area contributed by atoms with E-state index < -0.39 is 5.82 Å². The fraction of sp³-hybridized carbons (Fsp3) is 0.300. The second-order valence-electron chi connectivity index (χ2n) is 6.59. The van der Waals surface area contributed by atoms with Crippen molar-refractivity contribution in [1.82, 2.24) is 19.4 Å². The van der Waals surface area contributed by atoms with E-state index in [-0.39, 0.29) is 17.0 Å². The predicted octanol–water partition coefficient (Wildman–Crippen LogP) is 1.91. The first-order valence-corrected chi connectivity index (χ1v) is 9.24. The Hall–Kier alpha value is -3.29. The van der Waals surface area contributed by atoms with Gasteiger partial charge < -0.3 is 9.80 Å². The maximum Gasteiger partial charge on any atom is 0.295 e. The fourth-order valence-corrected chi connectivity index (χ4v) is 3.49. The summed E-state index contributed by atoms with van der Waals surface area (Å²) in [6, 6.07) is 9.59. The predicted molar refractivity (Wildman–Crippen MR) is 104 cm³/mol. The second-order valence-corrected chi connectivity index (χ2v) is 6.59. The van der Waals surface area contributed by atoms with Gasteiger partial charge >= 0.3 is 0 Å². The van der Waals surface area contributed by atoms with Crippen LogP contribution in [0.4, 0.5) is 10.2 Å². The third-order valence-corrected chi connectivity index (χ3v) is 4.97. The van der Waals surface area contributed by atoms with E-state index in [1.165, 1.54) is 12.1 Å². The van der Waals surface area contributed by atoms with Crippen molar-refractivity contribution in [2.45, 2.75) is 13.5 Å². The average molecular weight is 381 g/mol. The van der Waals surface area contributed by atoms with Crippen LogP contribution in [-0.4, -0.2) is 51.5 Å². The normalized spacial score (nSPS) is 14.5. The van der Waals surface area contributed by atoms with Gasteiger partial charge in [-0.05, 0) is 31.2 Å². The van der Waals surface area contributed by atoms with Crippen molar-refractivity contribution < 1.29 is 9.18 Å². The molecule has 1 saturated heterocycles. The second kappa shape index (κ2) is 7.38. The molecule has 7 nitrogen and oxygen atoms in total. The van der Waals surface area contributed by atoms with E-state index in [9.17, 15) is 14.0 Å². The molecule has 8 heteroatoms. The lowest BCUT2D eigenvalue weighted by Gasteiger charge is -2.35. The van der Waals surface area contributed by atoms with Crippen molar-refractivity contribution in [3.8, 4) is 0 Å². The topological polar surface area (TPSA) is 71.3 Å². The number of rotatable bonds is 3. The van der Waals surface area contributed by atoms with Gasteiger partial charge in [0.1, 0.15) is 11.3 Å². The summed E-state index contributed by atoms with van der Waals surface area (Å²) in [4.78, 5) is 37.7. The van der Waals surface area contributed by atoms with Crippen LogP contribution in [0, 0.1) is 5.82 Å². The zero-order chi connectivity index (χ0) is 19.7. The number of aryl methyl sites for hydroxylation is 1. The number of halogens is 1. The summed E-state index contributed by atoms with van der Waals surface area (Å²) in [7, 11) is 0. The molecule has 0 atom stereocenters. The smallest absolute Gasteiger partial charge is 0.295 e. The Morgan fingerprint density at radius 2 is 1.86 bits per heavy atom. The van der Waals surface area contributed by atoms with Crippen LogP contribution in [0.15, 0.2) is 47.4 Å². The molecule has 144 valence electrons. The molecular formula is C20H20FN5O2. The summed E-state index contributed by atoms with van der Waals surface area (Å²) in [5.74, 6) is -0.496. The summed E-state index contributed by atoms with van der Waals surface area (Å²) < 4.78 is 15.5. The summed E-state index contributed by atoms with van der Waals surface area (Å²) in [6.07, 6.45) is 1.64. The molecule has 1 aliphatic rings. The number of hydrogen-bond acceptors (Lipinski definition) is 5. The third kappa shape index (κ3) is 3.11. The number of hydrogen-bond donors (Lipinski definition) is 0. The number of nitrogens with zero attached hydrogens (tertiary/aromatic N) is 5. The molecular weight excluding hydrogens is 361 g/mol. The van der Waals surface area contributed by atoms with E-state index in [0.29, 0.717) is 49.7 Å². The van der Waals surface area contributed by atoms with Gasteiger partial charge in [-0.25, -0.2) is 14.4 Å². The molecule has 0 saturated carbocycles. The van der Waals surface area contributed by atoms with E-state index in [0.717, 1.165) is 0 Å². The number of amides is 1. The van der Waals surface area contributed by atoms with Crippen LogP contribution >= 0.6 is 0 Å². The first-order valence-electron chi connectivity index (χ1n) is 9.24. The van der Waals surface area contributed by atoms with Gasteiger partial charge in [-0.15, -0.1) is 0 Å². The largest absolute Gasteiger partial charge is 0.348 e. The molecule has 0 unspecified atom stereocenters.